The molecule has 0 saturated heterocycles. The van der Waals surface area contributed by atoms with Crippen LogP contribution in [-0.2, 0) is 4.79 Å². The van der Waals surface area contributed by atoms with E-state index < -0.39 is 0 Å². The average Bonchev–Trinajstić information content (AvgIpc) is 2.69. The summed E-state index contributed by atoms with van der Waals surface area (Å²) in [6, 6.07) is 12.8. The zero-order valence-corrected chi connectivity index (χ0v) is 12.0. The van der Waals surface area contributed by atoms with E-state index in [1.807, 2.05) is 24.3 Å². The summed E-state index contributed by atoms with van der Waals surface area (Å²) >= 11 is 2.21. The number of aromatic hydroxyl groups is 1. The lowest BCUT2D eigenvalue weighted by atomic mass is 10.0. The maximum atomic E-state index is 12.0. The first-order valence-electron chi connectivity index (χ1n) is 5.76. The zero-order valence-electron chi connectivity index (χ0n) is 9.85. The van der Waals surface area contributed by atoms with Crippen LogP contribution in [0.15, 0.2) is 42.5 Å². The molecule has 3 rings (SSSR count). The molecule has 4 heteroatoms. The van der Waals surface area contributed by atoms with Crippen molar-refractivity contribution in [3.05, 3.63) is 57.2 Å². The maximum absolute atomic E-state index is 12.0. The topological polar surface area (TPSA) is 49.3 Å². The second kappa shape index (κ2) is 4.70. The SMILES string of the molecule is O=C1Nc2ccc(I)cc2C1=Cc1ccccc1O. The van der Waals surface area contributed by atoms with Crippen LogP contribution in [0.4, 0.5) is 5.69 Å². The van der Waals surface area contributed by atoms with E-state index in [1.165, 1.54) is 0 Å². The number of fused-ring (bicyclic) bond motifs is 1. The van der Waals surface area contributed by atoms with Gasteiger partial charge in [0.2, 0.25) is 0 Å². The smallest absolute Gasteiger partial charge is 0.256 e. The van der Waals surface area contributed by atoms with Crippen LogP contribution in [0.25, 0.3) is 11.6 Å². The third-order valence-electron chi connectivity index (χ3n) is 3.00. The van der Waals surface area contributed by atoms with Crippen molar-refractivity contribution in [2.75, 3.05) is 5.32 Å². The van der Waals surface area contributed by atoms with Gasteiger partial charge in [0.1, 0.15) is 5.75 Å². The predicted molar refractivity (Wildman–Crippen MR) is 83.8 cm³/mol. The van der Waals surface area contributed by atoms with Crippen molar-refractivity contribution < 1.29 is 9.90 Å². The highest BCUT2D eigenvalue weighted by molar-refractivity contribution is 14.1. The number of hydrogen-bond acceptors (Lipinski definition) is 2. The van der Waals surface area contributed by atoms with Gasteiger partial charge in [-0.05, 0) is 52.9 Å². The van der Waals surface area contributed by atoms with Gasteiger partial charge >= 0.3 is 0 Å². The number of carbonyl (C=O) groups excluding carboxylic acids is 1. The second-order valence-corrected chi connectivity index (χ2v) is 5.51. The van der Waals surface area contributed by atoms with E-state index in [0.717, 1.165) is 14.8 Å². The van der Waals surface area contributed by atoms with Crippen LogP contribution in [0.1, 0.15) is 11.1 Å². The first-order valence-corrected chi connectivity index (χ1v) is 6.84. The van der Waals surface area contributed by atoms with Gasteiger partial charge in [0.05, 0.1) is 0 Å². The molecular formula is C15H10INO2. The minimum absolute atomic E-state index is 0.139. The lowest BCUT2D eigenvalue weighted by molar-refractivity contribution is -0.110. The third kappa shape index (κ3) is 2.23. The van der Waals surface area contributed by atoms with Crippen LogP contribution in [0.2, 0.25) is 0 Å². The molecule has 0 radical (unpaired) electrons. The van der Waals surface area contributed by atoms with E-state index in [9.17, 15) is 9.90 Å². The predicted octanol–water partition coefficient (Wildman–Crippen LogP) is 3.49. The number of para-hydroxylation sites is 1. The summed E-state index contributed by atoms with van der Waals surface area (Å²) in [6.07, 6.45) is 1.71. The number of phenols is 1. The van der Waals surface area contributed by atoms with Crippen LogP contribution in [-0.4, -0.2) is 11.0 Å². The van der Waals surface area contributed by atoms with Crippen molar-refractivity contribution in [3.8, 4) is 5.75 Å². The Morgan fingerprint density at radius 3 is 2.74 bits per heavy atom. The summed E-state index contributed by atoms with van der Waals surface area (Å²) in [5, 5.41) is 12.6. The molecule has 0 atom stereocenters. The molecule has 0 spiro atoms. The van der Waals surface area contributed by atoms with Gasteiger partial charge in [-0.1, -0.05) is 18.2 Å². The van der Waals surface area contributed by atoms with Crippen molar-refractivity contribution in [1.29, 1.82) is 0 Å². The molecule has 94 valence electrons. The number of hydrogen-bond donors (Lipinski definition) is 2. The first-order chi connectivity index (χ1) is 9.15. The Bertz CT molecular complexity index is 707. The number of benzene rings is 2. The van der Waals surface area contributed by atoms with E-state index in [4.69, 9.17) is 0 Å². The Kier molecular flexibility index (Phi) is 3.02. The van der Waals surface area contributed by atoms with Gasteiger partial charge in [-0.15, -0.1) is 0 Å². The molecule has 1 amide bonds. The largest absolute Gasteiger partial charge is 0.507 e. The highest BCUT2D eigenvalue weighted by Crippen LogP contribution is 2.35. The molecule has 0 bridgehead atoms. The quantitative estimate of drug-likeness (QED) is 0.602. The van der Waals surface area contributed by atoms with Gasteiger partial charge in [0.15, 0.2) is 0 Å². The lowest BCUT2D eigenvalue weighted by Gasteiger charge is -2.01. The van der Waals surface area contributed by atoms with Gasteiger partial charge in [-0.2, -0.15) is 0 Å². The standard InChI is InChI=1S/C15H10INO2/c16-10-5-6-13-11(8-10)12(15(19)17-13)7-9-3-1-2-4-14(9)18/h1-8,18H,(H,17,19). The molecule has 0 saturated carbocycles. The normalized spacial score (nSPS) is 15.4. The van der Waals surface area contributed by atoms with E-state index >= 15 is 0 Å². The summed E-state index contributed by atoms with van der Waals surface area (Å²) in [6.45, 7) is 0. The van der Waals surface area contributed by atoms with E-state index in [-0.39, 0.29) is 11.7 Å². The minimum atomic E-state index is -0.139. The van der Waals surface area contributed by atoms with E-state index in [0.29, 0.717) is 11.1 Å². The third-order valence-corrected chi connectivity index (χ3v) is 3.67. The van der Waals surface area contributed by atoms with Gasteiger partial charge in [0, 0.05) is 26.0 Å². The summed E-state index contributed by atoms with van der Waals surface area (Å²) in [4.78, 5) is 12.0. The zero-order chi connectivity index (χ0) is 13.4. The molecule has 1 heterocycles. The van der Waals surface area contributed by atoms with E-state index in [2.05, 4.69) is 27.9 Å². The van der Waals surface area contributed by atoms with E-state index in [1.54, 1.807) is 24.3 Å². The van der Waals surface area contributed by atoms with Crippen molar-refractivity contribution in [3.63, 3.8) is 0 Å². The summed E-state index contributed by atoms with van der Waals surface area (Å²) in [7, 11) is 0. The maximum Gasteiger partial charge on any atom is 0.256 e. The summed E-state index contributed by atoms with van der Waals surface area (Å²) in [5.74, 6) is 0.0298. The van der Waals surface area contributed by atoms with Gasteiger partial charge in [-0.3, -0.25) is 4.79 Å². The monoisotopic (exact) mass is 363 g/mol. The lowest BCUT2D eigenvalue weighted by Crippen LogP contribution is -2.03. The molecule has 0 aliphatic carbocycles. The Hall–Kier alpha value is -1.82. The molecule has 1 aliphatic rings. The molecule has 2 aromatic rings. The Balaban J connectivity index is 2.14. The molecule has 0 unspecified atom stereocenters. The molecule has 0 fully saturated rings. The number of amides is 1. The van der Waals surface area contributed by atoms with Crippen LogP contribution in [0.5, 0.6) is 5.75 Å². The fourth-order valence-electron chi connectivity index (χ4n) is 2.07. The number of phenolic OH excluding ortho intramolecular Hbond substituents is 1. The molecule has 2 aromatic carbocycles. The fraction of sp³-hybridized carbons (Fsp3) is 0. The number of halogens is 1. The Morgan fingerprint density at radius 2 is 1.95 bits per heavy atom. The fourth-order valence-corrected chi connectivity index (χ4v) is 2.56. The highest BCUT2D eigenvalue weighted by Gasteiger charge is 2.24. The van der Waals surface area contributed by atoms with Crippen molar-refractivity contribution in [1.82, 2.24) is 0 Å². The molecular weight excluding hydrogens is 353 g/mol. The van der Waals surface area contributed by atoms with Gasteiger partial charge in [-0.25, -0.2) is 0 Å². The minimum Gasteiger partial charge on any atom is -0.507 e. The van der Waals surface area contributed by atoms with Crippen molar-refractivity contribution >= 4 is 45.8 Å². The van der Waals surface area contributed by atoms with Crippen LogP contribution >= 0.6 is 22.6 Å². The van der Waals surface area contributed by atoms with Gasteiger partial charge < -0.3 is 10.4 Å². The van der Waals surface area contributed by atoms with Crippen LogP contribution < -0.4 is 5.32 Å². The second-order valence-electron chi connectivity index (χ2n) is 4.26. The Morgan fingerprint density at radius 1 is 1.16 bits per heavy atom. The number of rotatable bonds is 1. The van der Waals surface area contributed by atoms with Crippen molar-refractivity contribution in [2.24, 2.45) is 0 Å². The Labute approximate surface area is 124 Å². The average molecular weight is 363 g/mol. The summed E-state index contributed by atoms with van der Waals surface area (Å²) in [5.41, 5.74) is 2.90. The van der Waals surface area contributed by atoms with Crippen LogP contribution in [0.3, 0.4) is 0 Å². The highest BCUT2D eigenvalue weighted by atomic mass is 127. The summed E-state index contributed by atoms with van der Waals surface area (Å²) < 4.78 is 1.07. The van der Waals surface area contributed by atoms with Crippen molar-refractivity contribution in [2.45, 2.75) is 0 Å². The number of anilines is 1. The molecule has 0 aromatic heterocycles. The number of carbonyl (C=O) groups is 1. The molecule has 19 heavy (non-hydrogen) atoms. The molecule has 1 aliphatic heterocycles. The molecule has 3 nitrogen and oxygen atoms in total. The van der Waals surface area contributed by atoms with Crippen LogP contribution in [0, 0.1) is 3.57 Å². The molecule has 2 N–H and O–H groups in total. The first kappa shape index (κ1) is 12.2. The number of nitrogens with one attached hydrogen (secondary N) is 1. The van der Waals surface area contributed by atoms with Gasteiger partial charge in [0.25, 0.3) is 5.91 Å².